The van der Waals surface area contributed by atoms with Gasteiger partial charge in [0.1, 0.15) is 0 Å². The van der Waals surface area contributed by atoms with Gasteiger partial charge in [-0.15, -0.1) is 0 Å². The average Bonchev–Trinajstić information content (AvgIpc) is 2.41. The molecule has 0 heterocycles. The van der Waals surface area contributed by atoms with E-state index in [2.05, 4.69) is 33.9 Å². The summed E-state index contributed by atoms with van der Waals surface area (Å²) >= 11 is 0. The van der Waals surface area contributed by atoms with Crippen molar-refractivity contribution in [3.63, 3.8) is 0 Å². The summed E-state index contributed by atoms with van der Waals surface area (Å²) in [5.41, 5.74) is 5.71. The molecule has 72 valence electrons. The molecule has 1 aliphatic carbocycles. The van der Waals surface area contributed by atoms with Gasteiger partial charge in [0, 0.05) is 6.04 Å². The Balaban J connectivity index is 2.48. The van der Waals surface area contributed by atoms with Crippen molar-refractivity contribution in [2.45, 2.75) is 57.5 Å². The first-order chi connectivity index (χ1) is 5.24. The fourth-order valence-corrected chi connectivity index (χ4v) is 2.26. The molecular formula is C9H21NOSi. The Hall–Kier alpha value is 0.137. The van der Waals surface area contributed by atoms with Crippen LogP contribution in [0.4, 0.5) is 0 Å². The number of hydrogen-bond donors (Lipinski definition) is 1. The van der Waals surface area contributed by atoms with Crippen LogP contribution < -0.4 is 5.73 Å². The van der Waals surface area contributed by atoms with Crippen LogP contribution in [0.25, 0.3) is 0 Å². The fraction of sp³-hybridized carbons (Fsp3) is 1.00. The maximum absolute atomic E-state index is 6.04. The minimum atomic E-state index is -1.53. The predicted octanol–water partition coefficient (Wildman–Crippen LogP) is 2.11. The summed E-state index contributed by atoms with van der Waals surface area (Å²) < 4.78 is 6.04. The number of nitrogens with two attached hydrogens (primary N) is 1. The minimum Gasteiger partial charge on any atom is -0.412 e. The molecule has 12 heavy (non-hydrogen) atoms. The Morgan fingerprint density at radius 3 is 2.00 bits per heavy atom. The molecule has 2 atom stereocenters. The molecular weight excluding hydrogens is 166 g/mol. The molecule has 0 spiro atoms. The molecule has 0 radical (unpaired) electrons. The highest BCUT2D eigenvalue weighted by atomic mass is 28.4. The highest BCUT2D eigenvalue weighted by molar-refractivity contribution is 6.74. The summed E-state index contributed by atoms with van der Waals surface area (Å²) in [5.74, 6) is 0. The third-order valence-electron chi connectivity index (χ3n) is 3.03. The molecule has 2 unspecified atom stereocenters. The molecule has 1 rings (SSSR count). The zero-order valence-electron chi connectivity index (χ0n) is 8.85. The van der Waals surface area contributed by atoms with Gasteiger partial charge in [-0.1, -0.05) is 20.8 Å². The summed E-state index contributed by atoms with van der Waals surface area (Å²) in [7, 11) is -1.53. The van der Waals surface area contributed by atoms with E-state index in [0.717, 1.165) is 6.42 Å². The van der Waals surface area contributed by atoms with Crippen LogP contribution in [0, 0.1) is 0 Å². The lowest BCUT2D eigenvalue weighted by Gasteiger charge is -2.36. The van der Waals surface area contributed by atoms with E-state index in [9.17, 15) is 0 Å². The molecule has 1 fully saturated rings. The average molecular weight is 187 g/mol. The van der Waals surface area contributed by atoms with Crippen molar-refractivity contribution in [2.75, 3.05) is 0 Å². The van der Waals surface area contributed by atoms with Crippen molar-refractivity contribution in [2.24, 2.45) is 5.73 Å². The van der Waals surface area contributed by atoms with E-state index in [0.29, 0.717) is 17.2 Å². The van der Waals surface area contributed by atoms with Crippen LogP contribution in [0.3, 0.4) is 0 Å². The highest BCUT2D eigenvalue weighted by Crippen LogP contribution is 2.40. The van der Waals surface area contributed by atoms with E-state index in [1.165, 1.54) is 0 Å². The van der Waals surface area contributed by atoms with Crippen LogP contribution in [-0.4, -0.2) is 20.5 Å². The molecule has 2 nitrogen and oxygen atoms in total. The molecule has 0 aromatic rings. The first-order valence-electron chi connectivity index (χ1n) is 4.67. The van der Waals surface area contributed by atoms with Gasteiger partial charge in [-0.05, 0) is 24.6 Å². The molecule has 1 saturated carbocycles. The third-order valence-corrected chi connectivity index (χ3v) is 7.54. The van der Waals surface area contributed by atoms with Crippen molar-refractivity contribution in [1.82, 2.24) is 0 Å². The van der Waals surface area contributed by atoms with Gasteiger partial charge in [0.2, 0.25) is 0 Å². The topological polar surface area (TPSA) is 35.2 Å². The van der Waals surface area contributed by atoms with Crippen molar-refractivity contribution < 1.29 is 4.43 Å². The van der Waals surface area contributed by atoms with E-state index < -0.39 is 8.32 Å². The summed E-state index contributed by atoms with van der Waals surface area (Å²) in [5, 5.41) is 0.315. The Morgan fingerprint density at radius 2 is 1.75 bits per heavy atom. The summed E-state index contributed by atoms with van der Waals surface area (Å²) in [6.07, 6.45) is 1.43. The molecule has 0 aliphatic heterocycles. The van der Waals surface area contributed by atoms with Gasteiger partial charge in [0.05, 0.1) is 6.10 Å². The van der Waals surface area contributed by atoms with Crippen LogP contribution >= 0.6 is 0 Å². The number of rotatable bonds is 2. The highest BCUT2D eigenvalue weighted by Gasteiger charge is 2.45. The van der Waals surface area contributed by atoms with Gasteiger partial charge in [-0.2, -0.15) is 0 Å². The van der Waals surface area contributed by atoms with E-state index in [4.69, 9.17) is 10.2 Å². The van der Waals surface area contributed by atoms with E-state index in [-0.39, 0.29) is 0 Å². The smallest absolute Gasteiger partial charge is 0.192 e. The van der Waals surface area contributed by atoms with Crippen LogP contribution in [0.5, 0.6) is 0 Å². The summed E-state index contributed by atoms with van der Waals surface area (Å²) in [6.45, 7) is 11.3. The fourth-order valence-electron chi connectivity index (χ4n) is 0.880. The molecule has 3 heteroatoms. The van der Waals surface area contributed by atoms with Gasteiger partial charge in [-0.25, -0.2) is 0 Å². The standard InChI is InChI=1S/C9H21NOSi/c1-9(2,3)12(4,5)11-8-6-7(8)10/h7-8H,6,10H2,1-5H3. The maximum Gasteiger partial charge on any atom is 0.192 e. The molecule has 0 amide bonds. The van der Waals surface area contributed by atoms with E-state index in [1.807, 2.05) is 0 Å². The second kappa shape index (κ2) is 2.82. The van der Waals surface area contributed by atoms with E-state index >= 15 is 0 Å². The molecule has 2 N–H and O–H groups in total. The minimum absolute atomic E-state index is 0.315. The summed E-state index contributed by atoms with van der Waals surface area (Å²) in [4.78, 5) is 0. The van der Waals surface area contributed by atoms with Gasteiger partial charge < -0.3 is 10.2 Å². The lowest BCUT2D eigenvalue weighted by atomic mass is 10.2. The van der Waals surface area contributed by atoms with Crippen LogP contribution in [-0.2, 0) is 4.43 Å². The van der Waals surface area contributed by atoms with Gasteiger partial charge in [-0.3, -0.25) is 0 Å². The first kappa shape index (κ1) is 10.2. The maximum atomic E-state index is 6.04. The van der Waals surface area contributed by atoms with E-state index in [1.54, 1.807) is 0 Å². The van der Waals surface area contributed by atoms with Crippen LogP contribution in [0.1, 0.15) is 27.2 Å². The van der Waals surface area contributed by atoms with Crippen molar-refractivity contribution in [3.8, 4) is 0 Å². The monoisotopic (exact) mass is 187 g/mol. The van der Waals surface area contributed by atoms with Crippen molar-refractivity contribution >= 4 is 8.32 Å². The SMILES string of the molecule is CC(C)(C)[Si](C)(C)OC1CC1N. The third kappa shape index (κ3) is 2.09. The normalized spacial score (nSPS) is 30.5. The summed E-state index contributed by atoms with van der Waals surface area (Å²) in [6, 6.07) is 0.319. The van der Waals surface area contributed by atoms with Gasteiger partial charge in [0.15, 0.2) is 8.32 Å². The van der Waals surface area contributed by atoms with Crippen molar-refractivity contribution in [1.29, 1.82) is 0 Å². The Bertz CT molecular complexity index is 174. The second-order valence-electron chi connectivity index (χ2n) is 5.32. The Labute approximate surface area is 76.6 Å². The predicted molar refractivity (Wildman–Crippen MR) is 54.7 cm³/mol. The molecule has 0 aromatic heterocycles. The molecule has 0 bridgehead atoms. The zero-order chi connectivity index (χ0) is 9.57. The lowest BCUT2D eigenvalue weighted by molar-refractivity contribution is 0.268. The largest absolute Gasteiger partial charge is 0.412 e. The van der Waals surface area contributed by atoms with Crippen molar-refractivity contribution in [3.05, 3.63) is 0 Å². The molecule has 0 aromatic carbocycles. The van der Waals surface area contributed by atoms with Gasteiger partial charge in [0.25, 0.3) is 0 Å². The number of hydrogen-bond acceptors (Lipinski definition) is 2. The molecule has 1 aliphatic rings. The van der Waals surface area contributed by atoms with Crippen LogP contribution in [0.2, 0.25) is 18.1 Å². The zero-order valence-corrected chi connectivity index (χ0v) is 9.85. The second-order valence-corrected chi connectivity index (χ2v) is 10.1. The Morgan fingerprint density at radius 1 is 1.33 bits per heavy atom. The quantitative estimate of drug-likeness (QED) is 0.672. The molecule has 0 saturated heterocycles. The van der Waals surface area contributed by atoms with Crippen LogP contribution in [0.15, 0.2) is 0 Å². The Kier molecular flexibility index (Phi) is 2.40. The first-order valence-corrected chi connectivity index (χ1v) is 7.58. The lowest BCUT2D eigenvalue weighted by Crippen LogP contribution is -2.42. The van der Waals surface area contributed by atoms with Gasteiger partial charge >= 0.3 is 0 Å².